The lowest BCUT2D eigenvalue weighted by atomic mass is 9.94. The summed E-state index contributed by atoms with van der Waals surface area (Å²) in [6, 6.07) is 8.85. The smallest absolute Gasteiger partial charge is 0.319 e. The summed E-state index contributed by atoms with van der Waals surface area (Å²) < 4.78 is 10.5. The molecule has 2 aromatic rings. The van der Waals surface area contributed by atoms with Gasteiger partial charge in [-0.3, -0.25) is 4.79 Å². The van der Waals surface area contributed by atoms with E-state index in [1.54, 1.807) is 43.3 Å². The van der Waals surface area contributed by atoms with Crippen molar-refractivity contribution in [2.24, 2.45) is 0 Å². The summed E-state index contributed by atoms with van der Waals surface area (Å²) in [7, 11) is 3.02. The Morgan fingerprint density at radius 2 is 1.90 bits per heavy atom. The SMILES string of the molecule is COc1ccc(OC)c(NC(=O)C2=C(C)NC(=O)N[C@H]2c2cccc(Cl)c2Cl)c1. The summed E-state index contributed by atoms with van der Waals surface area (Å²) in [6.07, 6.45) is 0. The van der Waals surface area contributed by atoms with Gasteiger partial charge in [-0.15, -0.1) is 0 Å². The molecule has 0 aromatic heterocycles. The summed E-state index contributed by atoms with van der Waals surface area (Å²) in [6.45, 7) is 1.64. The number of hydrogen-bond donors (Lipinski definition) is 3. The highest BCUT2D eigenvalue weighted by Gasteiger charge is 2.33. The first-order valence-electron chi connectivity index (χ1n) is 8.61. The first-order chi connectivity index (χ1) is 13.8. The van der Waals surface area contributed by atoms with Gasteiger partial charge in [0.1, 0.15) is 11.5 Å². The molecular formula is C20H19Cl2N3O4. The number of urea groups is 1. The molecule has 1 heterocycles. The average molecular weight is 436 g/mol. The van der Waals surface area contributed by atoms with Gasteiger partial charge < -0.3 is 25.4 Å². The molecule has 2 aromatic carbocycles. The van der Waals surface area contributed by atoms with Crippen LogP contribution in [0.25, 0.3) is 0 Å². The molecule has 1 aliphatic heterocycles. The minimum Gasteiger partial charge on any atom is -0.497 e. The van der Waals surface area contributed by atoms with Gasteiger partial charge in [-0.05, 0) is 30.7 Å². The summed E-state index contributed by atoms with van der Waals surface area (Å²) in [4.78, 5) is 25.3. The lowest BCUT2D eigenvalue weighted by Crippen LogP contribution is -2.46. The van der Waals surface area contributed by atoms with E-state index >= 15 is 0 Å². The van der Waals surface area contributed by atoms with Crippen molar-refractivity contribution in [1.82, 2.24) is 10.6 Å². The molecule has 0 spiro atoms. The highest BCUT2D eigenvalue weighted by atomic mass is 35.5. The van der Waals surface area contributed by atoms with Crippen LogP contribution < -0.4 is 25.4 Å². The van der Waals surface area contributed by atoms with Gasteiger partial charge in [0.15, 0.2) is 0 Å². The van der Waals surface area contributed by atoms with Crippen LogP contribution in [0.2, 0.25) is 10.0 Å². The molecule has 0 bridgehead atoms. The number of allylic oxidation sites excluding steroid dienone is 1. The zero-order chi connectivity index (χ0) is 21.1. The molecule has 7 nitrogen and oxygen atoms in total. The van der Waals surface area contributed by atoms with Crippen molar-refractivity contribution in [3.8, 4) is 11.5 Å². The van der Waals surface area contributed by atoms with E-state index in [1.807, 2.05) is 0 Å². The van der Waals surface area contributed by atoms with Crippen molar-refractivity contribution < 1.29 is 19.1 Å². The van der Waals surface area contributed by atoms with Gasteiger partial charge in [0.25, 0.3) is 5.91 Å². The quantitative estimate of drug-likeness (QED) is 0.653. The molecular weight excluding hydrogens is 417 g/mol. The van der Waals surface area contributed by atoms with Crippen molar-refractivity contribution in [2.75, 3.05) is 19.5 Å². The fourth-order valence-corrected chi connectivity index (χ4v) is 3.49. The number of anilines is 1. The van der Waals surface area contributed by atoms with Gasteiger partial charge >= 0.3 is 6.03 Å². The molecule has 1 atom stereocenters. The molecule has 0 saturated carbocycles. The number of hydrogen-bond acceptors (Lipinski definition) is 4. The Kier molecular flexibility index (Phi) is 6.20. The van der Waals surface area contributed by atoms with Crippen LogP contribution in [0, 0.1) is 0 Å². The second kappa shape index (κ2) is 8.63. The zero-order valence-corrected chi connectivity index (χ0v) is 17.4. The Balaban J connectivity index is 2.02. The van der Waals surface area contributed by atoms with Crippen LogP contribution in [-0.4, -0.2) is 26.2 Å². The fourth-order valence-electron chi connectivity index (χ4n) is 3.07. The first-order valence-corrected chi connectivity index (χ1v) is 9.36. The molecule has 0 fully saturated rings. The van der Waals surface area contributed by atoms with Gasteiger partial charge in [-0.2, -0.15) is 0 Å². The molecule has 3 N–H and O–H groups in total. The Hall–Kier alpha value is -2.90. The van der Waals surface area contributed by atoms with Crippen LogP contribution in [0.4, 0.5) is 10.5 Å². The van der Waals surface area contributed by atoms with E-state index in [-0.39, 0.29) is 5.02 Å². The van der Waals surface area contributed by atoms with Gasteiger partial charge in [0.05, 0.1) is 41.6 Å². The number of nitrogens with one attached hydrogen (secondary N) is 3. The minimum atomic E-state index is -0.786. The topological polar surface area (TPSA) is 88.7 Å². The molecule has 0 saturated heterocycles. The van der Waals surface area contributed by atoms with E-state index < -0.39 is 18.0 Å². The van der Waals surface area contributed by atoms with Gasteiger partial charge in [-0.1, -0.05) is 35.3 Å². The number of carbonyl (C=O) groups is 2. The number of carbonyl (C=O) groups excluding carboxylic acids is 2. The largest absolute Gasteiger partial charge is 0.497 e. The van der Waals surface area contributed by atoms with Crippen LogP contribution in [-0.2, 0) is 4.79 Å². The van der Waals surface area contributed by atoms with Gasteiger partial charge in [0.2, 0.25) is 0 Å². The van der Waals surface area contributed by atoms with Crippen molar-refractivity contribution in [2.45, 2.75) is 13.0 Å². The van der Waals surface area contributed by atoms with Crippen molar-refractivity contribution in [3.05, 3.63) is 63.3 Å². The number of methoxy groups -OCH3 is 2. The monoisotopic (exact) mass is 435 g/mol. The molecule has 0 unspecified atom stereocenters. The van der Waals surface area contributed by atoms with Crippen LogP contribution in [0.15, 0.2) is 47.7 Å². The summed E-state index contributed by atoms with van der Waals surface area (Å²) >= 11 is 12.5. The summed E-state index contributed by atoms with van der Waals surface area (Å²) in [5.41, 5.74) is 1.62. The molecule has 3 amide bonds. The number of halogens is 2. The maximum atomic E-state index is 13.2. The zero-order valence-electron chi connectivity index (χ0n) is 15.9. The van der Waals surface area contributed by atoms with Crippen LogP contribution >= 0.6 is 23.2 Å². The van der Waals surface area contributed by atoms with Crippen LogP contribution in [0.3, 0.4) is 0 Å². The Morgan fingerprint density at radius 3 is 2.59 bits per heavy atom. The highest BCUT2D eigenvalue weighted by Crippen LogP contribution is 2.36. The minimum absolute atomic E-state index is 0.262. The molecule has 29 heavy (non-hydrogen) atoms. The molecule has 1 aliphatic rings. The second-order valence-electron chi connectivity index (χ2n) is 6.23. The number of ether oxygens (including phenoxy) is 2. The number of rotatable bonds is 5. The maximum absolute atomic E-state index is 13.2. The first kappa shape index (κ1) is 20.8. The van der Waals surface area contributed by atoms with Crippen molar-refractivity contribution in [1.29, 1.82) is 0 Å². The van der Waals surface area contributed by atoms with E-state index in [9.17, 15) is 9.59 Å². The Morgan fingerprint density at radius 1 is 1.14 bits per heavy atom. The molecule has 3 rings (SSSR count). The predicted molar refractivity (Wildman–Crippen MR) is 112 cm³/mol. The normalized spacial score (nSPS) is 16.0. The fraction of sp³-hybridized carbons (Fsp3) is 0.200. The van der Waals surface area contributed by atoms with E-state index in [4.69, 9.17) is 32.7 Å². The third-order valence-corrected chi connectivity index (χ3v) is 5.29. The predicted octanol–water partition coefficient (Wildman–Crippen LogP) is 4.28. The molecule has 0 aliphatic carbocycles. The maximum Gasteiger partial charge on any atom is 0.319 e. The van der Waals surface area contributed by atoms with Crippen molar-refractivity contribution in [3.63, 3.8) is 0 Å². The number of benzene rings is 2. The van der Waals surface area contributed by atoms with Crippen molar-refractivity contribution >= 4 is 40.8 Å². The van der Waals surface area contributed by atoms with Gasteiger partial charge in [0, 0.05) is 11.8 Å². The summed E-state index contributed by atoms with van der Waals surface area (Å²) in [5, 5.41) is 8.75. The lowest BCUT2D eigenvalue weighted by Gasteiger charge is -2.29. The average Bonchev–Trinajstić information content (AvgIpc) is 2.69. The number of amides is 3. The van der Waals surface area contributed by atoms with Crippen LogP contribution in [0.5, 0.6) is 11.5 Å². The van der Waals surface area contributed by atoms with E-state index in [2.05, 4.69) is 16.0 Å². The lowest BCUT2D eigenvalue weighted by molar-refractivity contribution is -0.113. The third kappa shape index (κ3) is 4.26. The van der Waals surface area contributed by atoms with E-state index in [1.165, 1.54) is 14.2 Å². The Labute approximate surface area is 178 Å². The second-order valence-corrected chi connectivity index (χ2v) is 7.02. The summed E-state index contributed by atoms with van der Waals surface area (Å²) in [5.74, 6) is 0.571. The molecule has 0 radical (unpaired) electrons. The standard InChI is InChI=1S/C20H19Cl2N3O4/c1-10-16(19(26)24-14-9-11(28-2)7-8-15(14)29-3)18(25-20(27)23-10)12-5-4-6-13(21)17(12)22/h4-9,18H,1-3H3,(H,24,26)(H2,23,25,27)/t18-/m0/s1. The van der Waals surface area contributed by atoms with Gasteiger partial charge in [-0.25, -0.2) is 4.79 Å². The van der Waals surface area contributed by atoms with E-state index in [0.717, 1.165) is 0 Å². The van der Waals surface area contributed by atoms with E-state index in [0.29, 0.717) is 39.0 Å². The highest BCUT2D eigenvalue weighted by molar-refractivity contribution is 6.42. The Bertz CT molecular complexity index is 1010. The third-order valence-electron chi connectivity index (χ3n) is 4.46. The van der Waals surface area contributed by atoms with Crippen LogP contribution in [0.1, 0.15) is 18.5 Å². The molecule has 9 heteroatoms. The molecule has 152 valence electrons.